The van der Waals surface area contributed by atoms with Gasteiger partial charge in [-0.2, -0.15) is 0 Å². The van der Waals surface area contributed by atoms with Gasteiger partial charge < -0.3 is 23.1 Å². The summed E-state index contributed by atoms with van der Waals surface area (Å²) in [6, 6.07) is 27.7. The van der Waals surface area contributed by atoms with E-state index in [1.54, 1.807) is 21.3 Å². The molecular weight excluding hydrogens is 575 g/mol. The minimum Gasteiger partial charge on any atom is -0.377 e. The first kappa shape index (κ1) is 34.4. The molecule has 0 aliphatic heterocycles. The molecule has 240 valence electrons. The lowest BCUT2D eigenvalue weighted by molar-refractivity contribution is -0.520. The molecule has 0 amide bonds. The van der Waals surface area contributed by atoms with Crippen molar-refractivity contribution in [3.63, 3.8) is 0 Å². The lowest BCUT2D eigenvalue weighted by Crippen LogP contribution is -2.45. The van der Waals surface area contributed by atoms with Gasteiger partial charge in [-0.25, -0.2) is 4.58 Å². The minimum atomic E-state index is -2.70. The summed E-state index contributed by atoms with van der Waals surface area (Å²) in [6.07, 6.45) is 4.59. The second-order valence-electron chi connectivity index (χ2n) is 11.1. The van der Waals surface area contributed by atoms with E-state index >= 15 is 0 Å². The maximum atomic E-state index is 5.74. The Hall–Kier alpha value is -3.49. The smallest absolute Gasteiger partial charge is 0.377 e. The number of hydrogen-bond acceptors (Lipinski definition) is 5. The molecule has 0 saturated heterocycles. The monoisotopic (exact) mass is 626 g/mol. The van der Waals surface area contributed by atoms with Gasteiger partial charge in [0, 0.05) is 65.0 Å². The molecule has 0 radical (unpaired) electrons. The number of hydrogen-bond donors (Lipinski definition) is 0. The zero-order valence-corrected chi connectivity index (χ0v) is 29.6. The zero-order chi connectivity index (χ0) is 32.4. The molecule has 0 spiro atoms. The number of anilines is 2. The number of nitrogens with zero attached hydrogens (tertiary/aromatic N) is 3. The molecule has 6 nitrogen and oxygen atoms in total. The van der Waals surface area contributed by atoms with Gasteiger partial charge in [-0.15, -0.1) is 0 Å². The molecule has 3 aromatic carbocycles. The van der Waals surface area contributed by atoms with E-state index in [-0.39, 0.29) is 0 Å². The van der Waals surface area contributed by atoms with Crippen LogP contribution in [0.4, 0.5) is 11.4 Å². The molecule has 1 aliphatic carbocycles. The fourth-order valence-corrected chi connectivity index (χ4v) is 8.04. The molecule has 0 heterocycles. The Morgan fingerprint density at radius 1 is 0.622 bits per heavy atom. The Kier molecular flexibility index (Phi) is 12.4. The molecule has 45 heavy (non-hydrogen) atoms. The SMILES string of the molecule is CCN(CC)c1ccc(C(=C2C=CC(=[N+](CC)CC[Si](OC)(OC)OC)c3ccccc32)c2ccc(N(CC)CC)cc2)cc1. The highest BCUT2D eigenvalue weighted by Crippen LogP contribution is 2.38. The molecule has 7 heteroatoms. The van der Waals surface area contributed by atoms with Crippen LogP contribution in [0.15, 0.2) is 84.9 Å². The molecule has 0 bridgehead atoms. The highest BCUT2D eigenvalue weighted by Gasteiger charge is 2.39. The van der Waals surface area contributed by atoms with Gasteiger partial charge in [0.2, 0.25) is 5.71 Å². The fraction of sp³-hybridized carbons (Fsp3) is 0.395. The van der Waals surface area contributed by atoms with Gasteiger partial charge in [0.25, 0.3) is 0 Å². The molecule has 0 saturated carbocycles. The number of fused-ring (bicyclic) bond motifs is 1. The van der Waals surface area contributed by atoms with Crippen molar-refractivity contribution >= 4 is 37.0 Å². The summed E-state index contributed by atoms with van der Waals surface area (Å²) >= 11 is 0. The molecule has 0 fully saturated rings. The zero-order valence-electron chi connectivity index (χ0n) is 28.6. The molecule has 0 unspecified atom stereocenters. The van der Waals surface area contributed by atoms with Crippen LogP contribution in [0.3, 0.4) is 0 Å². The highest BCUT2D eigenvalue weighted by atomic mass is 28.4. The predicted octanol–water partition coefficient (Wildman–Crippen LogP) is 7.61. The Bertz CT molecular complexity index is 1420. The molecule has 3 aromatic rings. The van der Waals surface area contributed by atoms with Crippen LogP contribution in [-0.2, 0) is 13.3 Å². The topological polar surface area (TPSA) is 37.2 Å². The minimum absolute atomic E-state index is 0.704. The first-order valence-corrected chi connectivity index (χ1v) is 18.4. The Morgan fingerprint density at radius 2 is 1.09 bits per heavy atom. The molecule has 0 N–H and O–H groups in total. The van der Waals surface area contributed by atoms with E-state index in [2.05, 4.69) is 134 Å². The van der Waals surface area contributed by atoms with Gasteiger partial charge in [0.15, 0.2) is 0 Å². The largest absolute Gasteiger partial charge is 0.506 e. The fourth-order valence-electron chi connectivity index (χ4n) is 6.39. The number of benzene rings is 3. The van der Waals surface area contributed by atoms with Crippen molar-refractivity contribution in [3.8, 4) is 0 Å². The average Bonchev–Trinajstić information content (AvgIpc) is 3.10. The van der Waals surface area contributed by atoms with Crippen molar-refractivity contribution < 1.29 is 17.9 Å². The summed E-state index contributed by atoms with van der Waals surface area (Å²) in [5, 5.41) is 0. The summed E-state index contributed by atoms with van der Waals surface area (Å²) in [6.45, 7) is 16.6. The first-order chi connectivity index (χ1) is 21.9. The third-order valence-electron chi connectivity index (χ3n) is 9.08. The van der Waals surface area contributed by atoms with E-state index in [0.717, 1.165) is 39.3 Å². The van der Waals surface area contributed by atoms with Crippen molar-refractivity contribution in [2.45, 2.75) is 40.7 Å². The lowest BCUT2D eigenvalue weighted by atomic mass is 9.83. The van der Waals surface area contributed by atoms with Gasteiger partial charge >= 0.3 is 8.80 Å². The van der Waals surface area contributed by atoms with E-state index in [4.69, 9.17) is 13.3 Å². The average molecular weight is 627 g/mol. The van der Waals surface area contributed by atoms with E-state index < -0.39 is 8.80 Å². The van der Waals surface area contributed by atoms with Crippen molar-refractivity contribution in [1.29, 1.82) is 0 Å². The Balaban J connectivity index is 1.89. The van der Waals surface area contributed by atoms with E-state index in [1.807, 2.05) is 0 Å². The standard InChI is InChI=1S/C38H52N3O3Si/c1-9-39(10-2)32-22-18-30(19-23-32)38(31-20-24-33(25-21-31)40(11-3)12-4)36-26-27-37(35-17-15-14-16-34(35)36)41(13-5)28-29-45(42-6,43-7)44-8/h14-27H,9-13,28-29H2,1-8H3/q+1. The summed E-state index contributed by atoms with van der Waals surface area (Å²) in [5.41, 5.74) is 11.1. The van der Waals surface area contributed by atoms with Crippen molar-refractivity contribution in [3.05, 3.63) is 107 Å². The van der Waals surface area contributed by atoms with Crippen LogP contribution < -0.4 is 9.80 Å². The number of rotatable bonds is 15. The molecule has 0 atom stereocenters. The van der Waals surface area contributed by atoms with Crippen LogP contribution in [0.25, 0.3) is 11.1 Å². The molecule has 1 aliphatic rings. The maximum absolute atomic E-state index is 5.74. The Morgan fingerprint density at radius 3 is 1.51 bits per heavy atom. The van der Waals surface area contributed by atoms with Crippen molar-refractivity contribution in [2.75, 3.05) is 70.4 Å². The van der Waals surface area contributed by atoms with Crippen molar-refractivity contribution in [1.82, 2.24) is 0 Å². The van der Waals surface area contributed by atoms with Gasteiger partial charge in [0.05, 0.1) is 11.6 Å². The highest BCUT2D eigenvalue weighted by molar-refractivity contribution is 6.60. The van der Waals surface area contributed by atoms with E-state index in [0.29, 0.717) is 6.04 Å². The van der Waals surface area contributed by atoms with E-state index in [1.165, 1.54) is 50.5 Å². The normalized spacial score (nSPS) is 13.9. The van der Waals surface area contributed by atoms with Gasteiger partial charge in [0.1, 0.15) is 13.1 Å². The van der Waals surface area contributed by atoms with E-state index in [9.17, 15) is 0 Å². The summed E-state index contributed by atoms with van der Waals surface area (Å²) in [5.74, 6) is 0. The number of allylic oxidation sites excluding steroid dienone is 3. The van der Waals surface area contributed by atoms with Gasteiger partial charge in [-0.05, 0) is 98.9 Å². The van der Waals surface area contributed by atoms with Gasteiger partial charge in [-0.3, -0.25) is 0 Å². The first-order valence-electron chi connectivity index (χ1n) is 16.4. The van der Waals surface area contributed by atoms with Crippen LogP contribution in [0.5, 0.6) is 0 Å². The summed E-state index contributed by atoms with van der Waals surface area (Å²) in [7, 11) is 2.34. The maximum Gasteiger partial charge on any atom is 0.506 e. The molecular formula is C38H52N3O3Si+. The van der Waals surface area contributed by atoms with Crippen molar-refractivity contribution in [2.24, 2.45) is 0 Å². The van der Waals surface area contributed by atoms with Crippen LogP contribution in [0, 0.1) is 0 Å². The quantitative estimate of drug-likeness (QED) is 0.128. The summed E-state index contributed by atoms with van der Waals surface area (Å²) < 4.78 is 19.6. The predicted molar refractivity (Wildman–Crippen MR) is 193 cm³/mol. The summed E-state index contributed by atoms with van der Waals surface area (Å²) in [4.78, 5) is 4.78. The molecule has 0 aromatic heterocycles. The van der Waals surface area contributed by atoms with Crippen LogP contribution in [0.1, 0.15) is 56.9 Å². The second kappa shape index (κ2) is 16.2. The van der Waals surface area contributed by atoms with Crippen LogP contribution in [0.2, 0.25) is 6.04 Å². The van der Waals surface area contributed by atoms with Crippen LogP contribution >= 0.6 is 0 Å². The lowest BCUT2D eigenvalue weighted by Gasteiger charge is -2.25. The third kappa shape index (κ3) is 7.50. The molecule has 4 rings (SSSR count). The third-order valence-corrected chi connectivity index (χ3v) is 11.8. The second-order valence-corrected chi connectivity index (χ2v) is 14.2. The van der Waals surface area contributed by atoms with Crippen LogP contribution in [-0.4, -0.2) is 79.7 Å². The van der Waals surface area contributed by atoms with Gasteiger partial charge in [-0.1, -0.05) is 42.5 Å². The Labute approximate surface area is 272 Å².